The van der Waals surface area contributed by atoms with Crippen LogP contribution in [-0.2, 0) is 4.79 Å². The number of hydrogen-bond acceptors (Lipinski definition) is 5. The number of thiocarbonyl (C=S) groups is 1. The molecule has 0 spiro atoms. The standard InChI is InChI=1S/C23H28N4O4S/c1-4-20(28)24-18-9-5-17(6-10-18)22(30)26-27-23(32)25-21(29)16-7-11-19(12-8-16)31-14-13-15(2)3/h5-12,15H,4,13-14H2,1-3H3,(H,24,28)(H,26,30)(H2,25,27,29,32). The van der Waals surface area contributed by atoms with E-state index >= 15 is 0 Å². The van der Waals surface area contributed by atoms with Crippen LogP contribution < -0.4 is 26.2 Å². The first-order chi connectivity index (χ1) is 15.3. The molecule has 2 rings (SSSR count). The van der Waals surface area contributed by atoms with E-state index in [0.29, 0.717) is 41.5 Å². The molecule has 2 aromatic carbocycles. The van der Waals surface area contributed by atoms with Crippen LogP contribution in [0.4, 0.5) is 5.69 Å². The Morgan fingerprint density at radius 3 is 2.09 bits per heavy atom. The summed E-state index contributed by atoms with van der Waals surface area (Å²) >= 11 is 5.06. The molecule has 9 heteroatoms. The lowest BCUT2D eigenvalue weighted by atomic mass is 10.1. The van der Waals surface area contributed by atoms with Crippen LogP contribution in [0.2, 0.25) is 0 Å². The van der Waals surface area contributed by atoms with E-state index in [4.69, 9.17) is 17.0 Å². The predicted octanol–water partition coefficient (Wildman–Crippen LogP) is 3.41. The van der Waals surface area contributed by atoms with Crippen molar-refractivity contribution in [3.8, 4) is 5.75 Å². The predicted molar refractivity (Wildman–Crippen MR) is 127 cm³/mol. The Morgan fingerprint density at radius 2 is 1.50 bits per heavy atom. The van der Waals surface area contributed by atoms with Gasteiger partial charge in [-0.3, -0.25) is 30.6 Å². The number of ether oxygens (including phenoxy) is 1. The molecule has 8 nitrogen and oxygen atoms in total. The Hall–Kier alpha value is -3.46. The molecule has 0 atom stereocenters. The molecule has 2 aromatic rings. The van der Waals surface area contributed by atoms with Gasteiger partial charge in [-0.05, 0) is 73.1 Å². The molecule has 0 aliphatic heterocycles. The fourth-order valence-corrected chi connectivity index (χ4v) is 2.61. The summed E-state index contributed by atoms with van der Waals surface area (Å²) in [5, 5.41) is 5.15. The number of carbonyl (C=O) groups excluding carboxylic acids is 3. The number of anilines is 1. The van der Waals surface area contributed by atoms with Crippen LogP contribution in [0.15, 0.2) is 48.5 Å². The minimum absolute atomic E-state index is 0.0487. The molecule has 0 fully saturated rings. The van der Waals surface area contributed by atoms with E-state index < -0.39 is 11.8 Å². The average Bonchev–Trinajstić information content (AvgIpc) is 2.78. The molecule has 32 heavy (non-hydrogen) atoms. The van der Waals surface area contributed by atoms with Crippen LogP contribution in [0.3, 0.4) is 0 Å². The van der Waals surface area contributed by atoms with E-state index in [9.17, 15) is 14.4 Å². The summed E-state index contributed by atoms with van der Waals surface area (Å²) in [6, 6.07) is 13.1. The van der Waals surface area contributed by atoms with Gasteiger partial charge in [0.2, 0.25) is 5.91 Å². The summed E-state index contributed by atoms with van der Waals surface area (Å²) in [5.41, 5.74) is 6.27. The van der Waals surface area contributed by atoms with Crippen molar-refractivity contribution in [2.24, 2.45) is 5.92 Å². The SMILES string of the molecule is CCC(=O)Nc1ccc(C(=O)NNC(=S)NC(=O)c2ccc(OCCC(C)C)cc2)cc1. The lowest BCUT2D eigenvalue weighted by molar-refractivity contribution is -0.115. The van der Waals surface area contributed by atoms with Gasteiger partial charge < -0.3 is 10.1 Å². The molecular weight excluding hydrogens is 428 g/mol. The number of hydrogen-bond donors (Lipinski definition) is 4. The third kappa shape index (κ3) is 8.35. The van der Waals surface area contributed by atoms with Crippen LogP contribution >= 0.6 is 12.2 Å². The lowest BCUT2D eigenvalue weighted by Crippen LogP contribution is -2.48. The first-order valence-electron chi connectivity index (χ1n) is 10.3. The number of amides is 3. The van der Waals surface area contributed by atoms with Crippen molar-refractivity contribution < 1.29 is 19.1 Å². The van der Waals surface area contributed by atoms with Crippen molar-refractivity contribution in [1.82, 2.24) is 16.2 Å². The smallest absolute Gasteiger partial charge is 0.269 e. The van der Waals surface area contributed by atoms with Gasteiger partial charge in [-0.2, -0.15) is 0 Å². The molecule has 0 radical (unpaired) electrons. The largest absolute Gasteiger partial charge is 0.494 e. The van der Waals surface area contributed by atoms with E-state index in [1.165, 1.54) is 0 Å². The van der Waals surface area contributed by atoms with Crippen molar-refractivity contribution in [2.45, 2.75) is 33.6 Å². The highest BCUT2D eigenvalue weighted by Gasteiger charge is 2.10. The molecule has 0 saturated heterocycles. The molecule has 0 heterocycles. The van der Waals surface area contributed by atoms with E-state index in [1.54, 1.807) is 55.5 Å². The number of nitrogens with one attached hydrogen (secondary N) is 4. The van der Waals surface area contributed by atoms with Crippen LogP contribution in [0, 0.1) is 5.92 Å². The number of carbonyl (C=O) groups is 3. The maximum absolute atomic E-state index is 12.3. The second-order valence-corrected chi connectivity index (χ2v) is 7.81. The van der Waals surface area contributed by atoms with Crippen molar-refractivity contribution in [3.63, 3.8) is 0 Å². The fourth-order valence-electron chi connectivity index (χ4n) is 2.46. The maximum atomic E-state index is 12.3. The third-order valence-corrected chi connectivity index (χ3v) is 4.55. The molecule has 0 aliphatic rings. The van der Waals surface area contributed by atoms with Gasteiger partial charge in [-0.25, -0.2) is 0 Å². The Labute approximate surface area is 193 Å². The summed E-state index contributed by atoms with van der Waals surface area (Å²) < 4.78 is 5.63. The molecule has 3 amide bonds. The average molecular weight is 457 g/mol. The molecule has 0 bridgehead atoms. The fraction of sp³-hybridized carbons (Fsp3) is 0.304. The highest BCUT2D eigenvalue weighted by molar-refractivity contribution is 7.80. The van der Waals surface area contributed by atoms with Gasteiger partial charge in [0.25, 0.3) is 11.8 Å². The Morgan fingerprint density at radius 1 is 0.906 bits per heavy atom. The lowest BCUT2D eigenvalue weighted by Gasteiger charge is -2.12. The highest BCUT2D eigenvalue weighted by Crippen LogP contribution is 2.13. The van der Waals surface area contributed by atoms with Crippen LogP contribution in [0.25, 0.3) is 0 Å². The van der Waals surface area contributed by atoms with Gasteiger partial charge in [-0.15, -0.1) is 0 Å². The number of rotatable bonds is 8. The van der Waals surface area contributed by atoms with Gasteiger partial charge >= 0.3 is 0 Å². The summed E-state index contributed by atoms with van der Waals surface area (Å²) in [5.74, 6) is 0.273. The van der Waals surface area contributed by atoms with Crippen LogP contribution in [0.5, 0.6) is 5.75 Å². The van der Waals surface area contributed by atoms with Gasteiger partial charge in [0, 0.05) is 23.2 Å². The zero-order valence-electron chi connectivity index (χ0n) is 18.4. The molecule has 0 saturated carbocycles. The number of hydrazine groups is 1. The quantitative estimate of drug-likeness (QED) is 0.358. The summed E-state index contributed by atoms with van der Waals surface area (Å²) in [6.07, 6.45) is 1.32. The van der Waals surface area contributed by atoms with Crippen LogP contribution in [0.1, 0.15) is 54.3 Å². The Kier molecular flexibility index (Phi) is 9.62. The first-order valence-corrected chi connectivity index (χ1v) is 10.7. The van der Waals surface area contributed by atoms with Gasteiger partial charge in [-0.1, -0.05) is 20.8 Å². The van der Waals surface area contributed by atoms with Crippen molar-refractivity contribution in [1.29, 1.82) is 0 Å². The normalized spacial score (nSPS) is 10.2. The maximum Gasteiger partial charge on any atom is 0.269 e. The summed E-state index contributed by atoms with van der Waals surface area (Å²) in [7, 11) is 0. The Bertz CT molecular complexity index is 943. The van der Waals surface area contributed by atoms with Crippen LogP contribution in [-0.4, -0.2) is 29.4 Å². The van der Waals surface area contributed by atoms with E-state index in [0.717, 1.165) is 6.42 Å². The van der Waals surface area contributed by atoms with Crippen molar-refractivity contribution in [2.75, 3.05) is 11.9 Å². The minimum Gasteiger partial charge on any atom is -0.494 e. The second kappa shape index (κ2) is 12.4. The van der Waals surface area contributed by atoms with E-state index in [-0.39, 0.29) is 11.0 Å². The zero-order chi connectivity index (χ0) is 23.5. The first kappa shape index (κ1) is 24.8. The molecule has 0 aromatic heterocycles. The van der Waals surface area contributed by atoms with E-state index in [1.807, 2.05) is 0 Å². The minimum atomic E-state index is -0.446. The molecule has 0 aliphatic carbocycles. The van der Waals surface area contributed by atoms with E-state index in [2.05, 4.69) is 35.3 Å². The molecule has 4 N–H and O–H groups in total. The molecule has 170 valence electrons. The molecular formula is C23H28N4O4S. The number of benzene rings is 2. The van der Waals surface area contributed by atoms with Gasteiger partial charge in [0.05, 0.1) is 6.61 Å². The zero-order valence-corrected chi connectivity index (χ0v) is 19.2. The third-order valence-electron chi connectivity index (χ3n) is 4.35. The second-order valence-electron chi connectivity index (χ2n) is 7.40. The monoisotopic (exact) mass is 456 g/mol. The van der Waals surface area contributed by atoms with Crippen molar-refractivity contribution in [3.05, 3.63) is 59.7 Å². The Balaban J connectivity index is 1.78. The summed E-state index contributed by atoms with van der Waals surface area (Å²) in [6.45, 7) is 6.62. The van der Waals surface area contributed by atoms with Gasteiger partial charge in [0.15, 0.2) is 5.11 Å². The topological polar surface area (TPSA) is 109 Å². The molecule has 0 unspecified atom stereocenters. The van der Waals surface area contributed by atoms with Gasteiger partial charge in [0.1, 0.15) is 5.75 Å². The van der Waals surface area contributed by atoms with Crippen molar-refractivity contribution >= 4 is 40.7 Å². The summed E-state index contributed by atoms with van der Waals surface area (Å²) in [4.78, 5) is 35.9. The highest BCUT2D eigenvalue weighted by atomic mass is 32.1.